The largest absolute Gasteiger partial charge is 0.496 e. The van der Waals surface area contributed by atoms with Crippen molar-refractivity contribution in [1.82, 2.24) is 20.4 Å². The van der Waals surface area contributed by atoms with Gasteiger partial charge in [0.1, 0.15) is 11.5 Å². The molecular weight excluding hydrogens is 508 g/mol. The van der Waals surface area contributed by atoms with Crippen LogP contribution in [0.2, 0.25) is 0 Å². The Kier molecular flexibility index (Phi) is 12.8. The summed E-state index contributed by atoms with van der Waals surface area (Å²) >= 11 is 0. The Morgan fingerprint density at radius 3 is 2.42 bits per heavy atom. The van der Waals surface area contributed by atoms with Crippen molar-refractivity contribution in [3.8, 4) is 22.8 Å². The third-order valence-electron chi connectivity index (χ3n) is 7.92. The van der Waals surface area contributed by atoms with Crippen molar-refractivity contribution in [2.24, 2.45) is 11.8 Å². The minimum absolute atomic E-state index is 0.0901. The molecule has 0 radical (unpaired) electrons. The fourth-order valence-electron chi connectivity index (χ4n) is 5.38. The average molecular weight is 557 g/mol. The zero-order chi connectivity index (χ0) is 28.9. The fourth-order valence-corrected chi connectivity index (χ4v) is 5.38. The van der Waals surface area contributed by atoms with Crippen LogP contribution in [0.5, 0.6) is 11.5 Å². The van der Waals surface area contributed by atoms with Gasteiger partial charge in [-0.25, -0.2) is 0 Å². The van der Waals surface area contributed by atoms with Gasteiger partial charge in [0.25, 0.3) is 5.91 Å². The molecule has 1 aromatic heterocycles. The summed E-state index contributed by atoms with van der Waals surface area (Å²) in [6, 6.07) is 7.15. The van der Waals surface area contributed by atoms with Crippen LogP contribution < -0.4 is 20.1 Å². The first-order valence-corrected chi connectivity index (χ1v) is 14.8. The highest BCUT2D eigenvalue weighted by atomic mass is 16.5. The van der Waals surface area contributed by atoms with E-state index in [1.807, 2.05) is 22.9 Å². The maximum absolute atomic E-state index is 13.6. The number of rotatable bonds is 16. The second-order valence-electron chi connectivity index (χ2n) is 10.9. The van der Waals surface area contributed by atoms with Crippen LogP contribution in [0.3, 0.4) is 0 Å². The number of methoxy groups -OCH3 is 3. The van der Waals surface area contributed by atoms with Crippen molar-refractivity contribution in [2.75, 3.05) is 34.5 Å². The lowest BCUT2D eigenvalue weighted by atomic mass is 9.85. The minimum Gasteiger partial charge on any atom is -0.496 e. The highest BCUT2D eigenvalue weighted by Crippen LogP contribution is 2.39. The van der Waals surface area contributed by atoms with E-state index in [0.29, 0.717) is 48.7 Å². The van der Waals surface area contributed by atoms with Gasteiger partial charge in [0.05, 0.1) is 32.1 Å². The summed E-state index contributed by atoms with van der Waals surface area (Å²) in [5.41, 5.74) is 1.83. The van der Waals surface area contributed by atoms with Crippen molar-refractivity contribution in [2.45, 2.75) is 84.2 Å². The number of nitrogens with zero attached hydrogens (tertiary/aromatic N) is 2. The highest BCUT2D eigenvalue weighted by Gasteiger charge is 2.25. The van der Waals surface area contributed by atoms with Gasteiger partial charge >= 0.3 is 0 Å². The zero-order valence-corrected chi connectivity index (χ0v) is 25.0. The van der Waals surface area contributed by atoms with Crippen molar-refractivity contribution >= 4 is 11.8 Å². The molecule has 9 heteroatoms. The minimum atomic E-state index is -0.281. The molecule has 1 heterocycles. The summed E-state index contributed by atoms with van der Waals surface area (Å²) in [6.45, 7) is 5.84. The average Bonchev–Trinajstić information content (AvgIpc) is 3.39. The van der Waals surface area contributed by atoms with Crippen LogP contribution in [0, 0.1) is 11.8 Å². The molecule has 40 heavy (non-hydrogen) atoms. The summed E-state index contributed by atoms with van der Waals surface area (Å²) in [7, 11) is 4.85. The number of carbonyl (C=O) groups is 2. The van der Waals surface area contributed by atoms with Crippen molar-refractivity contribution < 1.29 is 23.8 Å². The Hall–Kier alpha value is -3.07. The van der Waals surface area contributed by atoms with E-state index in [4.69, 9.17) is 19.3 Å². The van der Waals surface area contributed by atoms with Crippen LogP contribution >= 0.6 is 0 Å². The molecule has 9 nitrogen and oxygen atoms in total. The predicted octanol–water partition coefficient (Wildman–Crippen LogP) is 5.23. The number of carbonyl (C=O) groups excluding carboxylic acids is 2. The molecule has 1 saturated carbocycles. The number of aromatic nitrogens is 2. The summed E-state index contributed by atoms with van der Waals surface area (Å²) < 4.78 is 18.2. The molecule has 1 aliphatic rings. The zero-order valence-electron chi connectivity index (χ0n) is 25.0. The molecule has 2 N–H and O–H groups in total. The topological polar surface area (TPSA) is 104 Å². The standard InChI is InChI=1S/C31H48N4O5/c1-6-22(2)21-35-26(30-27(39-4)13-10-14-28(30)40-5)20-25(34-35)31(37)33-24(19-29(36)32-17-18-38-3)16-15-23-11-8-7-9-12-23/h10,13-14,20,22-24H,6-9,11-12,15-19,21H2,1-5H3,(H,32,36)(H,33,37)/t22?,24-/m0/s1. The number of hydrogen-bond acceptors (Lipinski definition) is 6. The first-order valence-electron chi connectivity index (χ1n) is 14.8. The van der Waals surface area contributed by atoms with Crippen LogP contribution in [0.15, 0.2) is 24.3 Å². The Labute approximate surface area is 239 Å². The summed E-state index contributed by atoms with van der Waals surface area (Å²) in [5, 5.41) is 10.8. The van der Waals surface area contributed by atoms with Gasteiger partial charge in [-0.1, -0.05) is 58.4 Å². The third-order valence-corrected chi connectivity index (χ3v) is 7.92. The van der Waals surface area contributed by atoms with Gasteiger partial charge in [0, 0.05) is 32.7 Å². The van der Waals surface area contributed by atoms with Gasteiger partial charge < -0.3 is 24.8 Å². The Morgan fingerprint density at radius 2 is 1.80 bits per heavy atom. The highest BCUT2D eigenvalue weighted by molar-refractivity contribution is 5.94. The molecule has 0 saturated heterocycles. The molecule has 1 unspecified atom stereocenters. The van der Waals surface area contributed by atoms with E-state index in [1.165, 1.54) is 32.1 Å². The van der Waals surface area contributed by atoms with Crippen molar-refractivity contribution in [1.29, 1.82) is 0 Å². The number of amides is 2. The van der Waals surface area contributed by atoms with Gasteiger partial charge in [0.15, 0.2) is 5.69 Å². The smallest absolute Gasteiger partial charge is 0.272 e. The Morgan fingerprint density at radius 1 is 1.10 bits per heavy atom. The van der Waals surface area contributed by atoms with E-state index in [9.17, 15) is 9.59 Å². The lowest BCUT2D eigenvalue weighted by Crippen LogP contribution is -2.40. The Bertz CT molecular complexity index is 1060. The molecule has 2 aromatic rings. The summed E-state index contributed by atoms with van der Waals surface area (Å²) in [6.07, 6.45) is 9.25. The molecule has 2 amide bonds. The second-order valence-corrected chi connectivity index (χ2v) is 10.9. The van der Waals surface area contributed by atoms with E-state index < -0.39 is 0 Å². The molecule has 222 valence electrons. The molecule has 0 bridgehead atoms. The first-order chi connectivity index (χ1) is 19.4. The maximum atomic E-state index is 13.6. The molecule has 1 aromatic carbocycles. The number of benzene rings is 1. The van der Waals surface area contributed by atoms with E-state index in [-0.39, 0.29) is 24.3 Å². The van der Waals surface area contributed by atoms with E-state index in [1.54, 1.807) is 27.4 Å². The van der Waals surface area contributed by atoms with Gasteiger partial charge in [-0.3, -0.25) is 14.3 Å². The summed E-state index contributed by atoms with van der Waals surface area (Å²) in [4.78, 5) is 26.3. The molecule has 2 atom stereocenters. The van der Waals surface area contributed by atoms with Gasteiger partial charge in [-0.05, 0) is 42.9 Å². The lowest BCUT2D eigenvalue weighted by Gasteiger charge is -2.24. The van der Waals surface area contributed by atoms with Gasteiger partial charge in [-0.15, -0.1) is 0 Å². The SMILES string of the molecule is CCC(C)Cn1nc(C(=O)N[C@@H](CCC2CCCCC2)CC(=O)NCCOC)cc1-c1c(OC)cccc1OC. The maximum Gasteiger partial charge on any atom is 0.272 e. The normalized spacial score (nSPS) is 15.3. The van der Waals surface area contributed by atoms with Gasteiger partial charge in [-0.2, -0.15) is 5.10 Å². The Balaban J connectivity index is 1.85. The number of hydrogen-bond donors (Lipinski definition) is 2. The molecule has 1 fully saturated rings. The fraction of sp³-hybridized carbons (Fsp3) is 0.645. The summed E-state index contributed by atoms with van der Waals surface area (Å²) in [5.74, 6) is 1.94. The van der Waals surface area contributed by atoms with E-state index >= 15 is 0 Å². The van der Waals surface area contributed by atoms with E-state index in [0.717, 1.165) is 30.5 Å². The van der Waals surface area contributed by atoms with E-state index in [2.05, 4.69) is 24.5 Å². The number of ether oxygens (including phenoxy) is 3. The van der Waals surface area contributed by atoms with Crippen LogP contribution in [0.1, 0.15) is 82.1 Å². The third kappa shape index (κ3) is 8.98. The second kappa shape index (κ2) is 16.3. The van der Waals surface area contributed by atoms with Crippen LogP contribution in [0.25, 0.3) is 11.3 Å². The van der Waals surface area contributed by atoms with Crippen LogP contribution in [-0.2, 0) is 16.1 Å². The number of nitrogens with one attached hydrogen (secondary N) is 2. The molecule has 3 rings (SSSR count). The van der Waals surface area contributed by atoms with Gasteiger partial charge in [0.2, 0.25) is 5.91 Å². The molecule has 1 aliphatic carbocycles. The molecular formula is C31H48N4O5. The monoisotopic (exact) mass is 556 g/mol. The predicted molar refractivity (Wildman–Crippen MR) is 157 cm³/mol. The lowest BCUT2D eigenvalue weighted by molar-refractivity contribution is -0.121. The molecule has 0 aliphatic heterocycles. The quantitative estimate of drug-likeness (QED) is 0.275. The molecule has 0 spiro atoms. The first kappa shape index (κ1) is 31.5. The van der Waals surface area contributed by atoms with Crippen LogP contribution in [-0.4, -0.2) is 62.1 Å². The van der Waals surface area contributed by atoms with Crippen LogP contribution in [0.4, 0.5) is 0 Å². The van der Waals surface area contributed by atoms with Crippen molar-refractivity contribution in [3.63, 3.8) is 0 Å². The van der Waals surface area contributed by atoms with Crippen molar-refractivity contribution in [3.05, 3.63) is 30.0 Å².